The van der Waals surface area contributed by atoms with Gasteiger partial charge in [0.15, 0.2) is 0 Å². The highest BCUT2D eigenvalue weighted by molar-refractivity contribution is 5.91. The summed E-state index contributed by atoms with van der Waals surface area (Å²) in [6.45, 7) is 11.1. The number of aliphatic hydroxyl groups is 1. The van der Waals surface area contributed by atoms with E-state index in [0.717, 1.165) is 12.8 Å². The molecule has 0 heterocycles. The van der Waals surface area contributed by atoms with Crippen molar-refractivity contribution < 1.29 is 24.2 Å². The number of amides is 2. The maximum absolute atomic E-state index is 12.4. The van der Waals surface area contributed by atoms with E-state index in [9.17, 15) is 19.5 Å². The SMILES string of the molecule is CCCCOC(=O)[C@H](C)NC(=O)[C@H](CC(C)C)NC(=O)[C@@H](O)C(C)C. The topological polar surface area (TPSA) is 105 Å². The van der Waals surface area contributed by atoms with Gasteiger partial charge in [0.2, 0.25) is 11.8 Å². The third kappa shape index (κ3) is 9.43. The monoisotopic (exact) mass is 358 g/mol. The van der Waals surface area contributed by atoms with Gasteiger partial charge in [-0.25, -0.2) is 4.79 Å². The lowest BCUT2D eigenvalue weighted by Gasteiger charge is -2.24. The second kappa shape index (κ2) is 11.8. The summed E-state index contributed by atoms with van der Waals surface area (Å²) in [4.78, 5) is 36.3. The first-order valence-corrected chi connectivity index (χ1v) is 9.05. The second-order valence-corrected chi connectivity index (χ2v) is 7.13. The minimum Gasteiger partial charge on any atom is -0.464 e. The standard InChI is InChI=1S/C18H34N2O5/c1-7-8-9-25-18(24)13(6)19-16(22)14(10-11(2)3)20-17(23)15(21)12(4)5/h11-15,21H,7-10H2,1-6H3,(H,19,22)(H,20,23)/t13-,14-,15-/m0/s1. The van der Waals surface area contributed by atoms with Crippen molar-refractivity contribution in [3.63, 3.8) is 0 Å². The lowest BCUT2D eigenvalue weighted by atomic mass is 10.0. The minimum atomic E-state index is -1.18. The van der Waals surface area contributed by atoms with E-state index in [1.807, 2.05) is 20.8 Å². The molecule has 0 spiro atoms. The number of hydrogen-bond donors (Lipinski definition) is 3. The Kier molecular flexibility index (Phi) is 11.1. The van der Waals surface area contributed by atoms with Gasteiger partial charge in [0, 0.05) is 0 Å². The van der Waals surface area contributed by atoms with Crippen LogP contribution in [0.5, 0.6) is 0 Å². The summed E-state index contributed by atoms with van der Waals surface area (Å²) in [6, 6.07) is -1.61. The normalized spacial score (nSPS) is 14.8. The van der Waals surface area contributed by atoms with E-state index in [2.05, 4.69) is 10.6 Å². The number of esters is 1. The molecule has 0 aliphatic rings. The Hall–Kier alpha value is -1.63. The number of rotatable bonds is 11. The predicted octanol–water partition coefficient (Wildman–Crippen LogP) is 1.38. The van der Waals surface area contributed by atoms with Crippen LogP contribution in [0, 0.1) is 11.8 Å². The van der Waals surface area contributed by atoms with Gasteiger partial charge >= 0.3 is 5.97 Å². The van der Waals surface area contributed by atoms with Crippen molar-refractivity contribution in [2.45, 2.75) is 79.0 Å². The average molecular weight is 358 g/mol. The van der Waals surface area contributed by atoms with Gasteiger partial charge in [-0.3, -0.25) is 9.59 Å². The van der Waals surface area contributed by atoms with Gasteiger partial charge in [0.05, 0.1) is 6.61 Å². The van der Waals surface area contributed by atoms with E-state index in [-0.39, 0.29) is 11.8 Å². The van der Waals surface area contributed by atoms with E-state index in [1.165, 1.54) is 0 Å². The van der Waals surface area contributed by atoms with Gasteiger partial charge in [0.1, 0.15) is 18.2 Å². The van der Waals surface area contributed by atoms with E-state index >= 15 is 0 Å². The molecular weight excluding hydrogens is 324 g/mol. The van der Waals surface area contributed by atoms with Gasteiger partial charge < -0.3 is 20.5 Å². The highest BCUT2D eigenvalue weighted by Gasteiger charge is 2.28. The second-order valence-electron chi connectivity index (χ2n) is 7.13. The molecule has 0 radical (unpaired) electrons. The zero-order chi connectivity index (χ0) is 19.6. The van der Waals surface area contributed by atoms with Crippen molar-refractivity contribution in [3.8, 4) is 0 Å². The first-order valence-electron chi connectivity index (χ1n) is 9.05. The molecule has 0 aromatic rings. The quantitative estimate of drug-likeness (QED) is 0.382. The lowest BCUT2D eigenvalue weighted by molar-refractivity contribution is -0.147. The molecule has 0 aliphatic carbocycles. The third-order valence-corrected chi connectivity index (χ3v) is 3.69. The van der Waals surface area contributed by atoms with Gasteiger partial charge in [-0.05, 0) is 31.6 Å². The molecule has 0 saturated heterocycles. The van der Waals surface area contributed by atoms with Gasteiger partial charge in [-0.2, -0.15) is 0 Å². The van der Waals surface area contributed by atoms with Crippen LogP contribution < -0.4 is 10.6 Å². The van der Waals surface area contributed by atoms with Crippen LogP contribution >= 0.6 is 0 Å². The van der Waals surface area contributed by atoms with Crippen LogP contribution in [0.25, 0.3) is 0 Å². The fourth-order valence-electron chi connectivity index (χ4n) is 2.08. The Morgan fingerprint density at radius 2 is 1.60 bits per heavy atom. The van der Waals surface area contributed by atoms with E-state index in [0.29, 0.717) is 13.0 Å². The number of nitrogens with one attached hydrogen (secondary N) is 2. The zero-order valence-corrected chi connectivity index (χ0v) is 16.3. The van der Waals surface area contributed by atoms with Crippen LogP contribution in [-0.2, 0) is 19.1 Å². The molecule has 2 amide bonds. The van der Waals surface area contributed by atoms with Crippen LogP contribution in [0.2, 0.25) is 0 Å². The Bertz CT molecular complexity index is 437. The zero-order valence-electron chi connectivity index (χ0n) is 16.3. The van der Waals surface area contributed by atoms with Crippen LogP contribution in [0.4, 0.5) is 0 Å². The fourth-order valence-corrected chi connectivity index (χ4v) is 2.08. The third-order valence-electron chi connectivity index (χ3n) is 3.69. The van der Waals surface area contributed by atoms with E-state index in [4.69, 9.17) is 4.74 Å². The Balaban J connectivity index is 4.77. The van der Waals surface area contributed by atoms with Crippen molar-refractivity contribution in [2.75, 3.05) is 6.61 Å². The Morgan fingerprint density at radius 1 is 1.00 bits per heavy atom. The largest absolute Gasteiger partial charge is 0.464 e. The summed E-state index contributed by atoms with van der Waals surface area (Å²) < 4.78 is 5.08. The maximum atomic E-state index is 12.4. The molecular formula is C18H34N2O5. The fraction of sp³-hybridized carbons (Fsp3) is 0.833. The predicted molar refractivity (Wildman–Crippen MR) is 95.7 cm³/mol. The number of carbonyl (C=O) groups is 3. The van der Waals surface area contributed by atoms with E-state index in [1.54, 1.807) is 20.8 Å². The summed E-state index contributed by atoms with van der Waals surface area (Å²) in [5, 5.41) is 15.0. The number of hydrogen-bond acceptors (Lipinski definition) is 5. The number of unbranched alkanes of at least 4 members (excludes halogenated alkanes) is 1. The summed E-state index contributed by atoms with van der Waals surface area (Å²) >= 11 is 0. The average Bonchev–Trinajstić information content (AvgIpc) is 2.52. The Labute approximate surface area is 150 Å². The van der Waals surface area contributed by atoms with Crippen molar-refractivity contribution in [1.82, 2.24) is 10.6 Å². The number of carbonyl (C=O) groups excluding carboxylic acids is 3. The van der Waals surface area contributed by atoms with Crippen LogP contribution in [0.15, 0.2) is 0 Å². The molecule has 146 valence electrons. The summed E-state index contributed by atoms with van der Waals surface area (Å²) in [5.74, 6) is -1.65. The highest BCUT2D eigenvalue weighted by atomic mass is 16.5. The smallest absolute Gasteiger partial charge is 0.328 e. The van der Waals surface area contributed by atoms with Crippen LogP contribution in [-0.4, -0.2) is 47.7 Å². The molecule has 3 atom stereocenters. The first kappa shape index (κ1) is 23.4. The Morgan fingerprint density at radius 3 is 2.08 bits per heavy atom. The van der Waals surface area contributed by atoms with Crippen molar-refractivity contribution in [3.05, 3.63) is 0 Å². The molecule has 3 N–H and O–H groups in total. The molecule has 0 rings (SSSR count). The summed E-state index contributed by atoms with van der Waals surface area (Å²) in [5.41, 5.74) is 0. The van der Waals surface area contributed by atoms with Crippen molar-refractivity contribution >= 4 is 17.8 Å². The lowest BCUT2D eigenvalue weighted by Crippen LogP contribution is -2.53. The molecule has 0 bridgehead atoms. The van der Waals surface area contributed by atoms with Crippen molar-refractivity contribution in [2.24, 2.45) is 11.8 Å². The number of aliphatic hydroxyl groups excluding tert-OH is 1. The minimum absolute atomic E-state index is 0.152. The molecule has 0 saturated carbocycles. The molecule has 7 heteroatoms. The van der Waals surface area contributed by atoms with Crippen LogP contribution in [0.1, 0.15) is 60.8 Å². The molecule has 0 fully saturated rings. The molecule has 0 aromatic heterocycles. The molecule has 25 heavy (non-hydrogen) atoms. The van der Waals surface area contributed by atoms with Crippen molar-refractivity contribution in [1.29, 1.82) is 0 Å². The molecule has 0 unspecified atom stereocenters. The molecule has 7 nitrogen and oxygen atoms in total. The van der Waals surface area contributed by atoms with Gasteiger partial charge in [-0.15, -0.1) is 0 Å². The maximum Gasteiger partial charge on any atom is 0.328 e. The highest BCUT2D eigenvalue weighted by Crippen LogP contribution is 2.08. The van der Waals surface area contributed by atoms with E-state index < -0.39 is 36.0 Å². The molecule has 0 aliphatic heterocycles. The summed E-state index contributed by atoms with van der Waals surface area (Å²) in [6.07, 6.45) is 0.902. The van der Waals surface area contributed by atoms with Gasteiger partial charge in [0.25, 0.3) is 0 Å². The van der Waals surface area contributed by atoms with Gasteiger partial charge in [-0.1, -0.05) is 41.0 Å². The summed E-state index contributed by atoms with van der Waals surface area (Å²) in [7, 11) is 0. The number of ether oxygens (including phenoxy) is 1. The first-order chi connectivity index (χ1) is 11.6. The molecule has 0 aromatic carbocycles. The van der Waals surface area contributed by atoms with Crippen LogP contribution in [0.3, 0.4) is 0 Å².